The van der Waals surface area contributed by atoms with E-state index in [0.29, 0.717) is 17.7 Å². The van der Waals surface area contributed by atoms with Gasteiger partial charge >= 0.3 is 11.9 Å². The second kappa shape index (κ2) is 10.8. The van der Waals surface area contributed by atoms with Gasteiger partial charge in [-0.05, 0) is 60.9 Å². The van der Waals surface area contributed by atoms with Crippen molar-refractivity contribution in [3.63, 3.8) is 0 Å². The molecule has 0 atom stereocenters. The summed E-state index contributed by atoms with van der Waals surface area (Å²) in [7, 11) is 0. The highest BCUT2D eigenvalue weighted by Crippen LogP contribution is 2.27. The molecule has 0 aliphatic heterocycles. The zero-order valence-electron chi connectivity index (χ0n) is 17.4. The maximum absolute atomic E-state index is 12.3. The second-order valence-electron chi connectivity index (χ2n) is 7.03. The van der Waals surface area contributed by atoms with Gasteiger partial charge in [0.25, 0.3) is 0 Å². The number of benzene rings is 3. The highest BCUT2D eigenvalue weighted by atomic mass is 79.9. The van der Waals surface area contributed by atoms with E-state index in [1.165, 1.54) is 6.07 Å². The molecule has 0 N–H and O–H groups in total. The van der Waals surface area contributed by atoms with Crippen LogP contribution in [0.15, 0.2) is 71.2 Å². The maximum Gasteiger partial charge on any atom is 0.349 e. The molecule has 0 unspecified atom stereocenters. The average Bonchev–Trinajstić information content (AvgIpc) is 2.74. The second-order valence-corrected chi connectivity index (χ2v) is 7.95. The van der Waals surface area contributed by atoms with Crippen LogP contribution in [0, 0.1) is 13.8 Å². The van der Waals surface area contributed by atoms with E-state index in [1.807, 2.05) is 56.3 Å². The Morgan fingerprint density at radius 2 is 1.61 bits per heavy atom. The molecular weight excluding hydrogens is 460 g/mol. The Hall–Kier alpha value is -3.12. The van der Waals surface area contributed by atoms with Gasteiger partial charge in [0.05, 0.1) is 12.2 Å². The van der Waals surface area contributed by atoms with E-state index in [0.717, 1.165) is 21.2 Å². The van der Waals surface area contributed by atoms with Crippen molar-refractivity contribution in [2.24, 2.45) is 0 Å². The van der Waals surface area contributed by atoms with Crippen LogP contribution in [0.5, 0.6) is 11.5 Å². The van der Waals surface area contributed by atoms with Gasteiger partial charge in [-0.25, -0.2) is 9.59 Å². The molecule has 6 heteroatoms. The highest BCUT2D eigenvalue weighted by molar-refractivity contribution is 9.10. The molecule has 0 bridgehead atoms. The van der Waals surface area contributed by atoms with Crippen LogP contribution in [0.3, 0.4) is 0 Å². The van der Waals surface area contributed by atoms with Gasteiger partial charge < -0.3 is 14.2 Å². The molecule has 0 amide bonds. The number of rotatable bonds is 8. The van der Waals surface area contributed by atoms with E-state index in [2.05, 4.69) is 15.9 Å². The van der Waals surface area contributed by atoms with E-state index >= 15 is 0 Å². The number of hydrogen-bond acceptors (Lipinski definition) is 5. The summed E-state index contributed by atoms with van der Waals surface area (Å²) in [6, 6.07) is 20.0. The Balaban J connectivity index is 1.52. The van der Waals surface area contributed by atoms with Gasteiger partial charge in [0.2, 0.25) is 0 Å². The number of esters is 2. The minimum atomic E-state index is -0.559. The quantitative estimate of drug-likeness (QED) is 0.315. The molecule has 160 valence electrons. The van der Waals surface area contributed by atoms with Crippen molar-refractivity contribution < 1.29 is 23.8 Å². The number of ether oxygens (including phenoxy) is 3. The SMILES string of the molecule is Cc1cc(Br)cc(C)c1OCC(=O)Oc1cccc(C(=O)OCCc2ccccc2)c1. The van der Waals surface area contributed by atoms with Crippen LogP contribution >= 0.6 is 15.9 Å². The van der Waals surface area contributed by atoms with Crippen molar-refractivity contribution in [1.82, 2.24) is 0 Å². The van der Waals surface area contributed by atoms with Crippen LogP contribution < -0.4 is 9.47 Å². The molecule has 0 aromatic heterocycles. The molecule has 0 aliphatic rings. The number of carbonyl (C=O) groups is 2. The highest BCUT2D eigenvalue weighted by Gasteiger charge is 2.13. The van der Waals surface area contributed by atoms with Crippen LogP contribution in [0.25, 0.3) is 0 Å². The molecule has 3 aromatic carbocycles. The monoisotopic (exact) mass is 482 g/mol. The lowest BCUT2D eigenvalue weighted by atomic mass is 10.1. The summed E-state index contributed by atoms with van der Waals surface area (Å²) in [5.74, 6) is -0.117. The molecule has 0 heterocycles. The lowest BCUT2D eigenvalue weighted by molar-refractivity contribution is -0.136. The Labute approximate surface area is 190 Å². The fraction of sp³-hybridized carbons (Fsp3) is 0.200. The molecule has 0 aliphatic carbocycles. The van der Waals surface area contributed by atoms with Crippen molar-refractivity contribution in [3.05, 3.63) is 93.5 Å². The van der Waals surface area contributed by atoms with Gasteiger partial charge in [-0.2, -0.15) is 0 Å². The van der Waals surface area contributed by atoms with Crippen LogP contribution in [0.1, 0.15) is 27.0 Å². The summed E-state index contributed by atoms with van der Waals surface area (Å²) < 4.78 is 17.2. The van der Waals surface area contributed by atoms with Crippen LogP contribution in [0.4, 0.5) is 0 Å². The minimum absolute atomic E-state index is 0.241. The zero-order valence-corrected chi connectivity index (χ0v) is 19.0. The average molecular weight is 483 g/mol. The Morgan fingerprint density at radius 1 is 0.903 bits per heavy atom. The third-order valence-electron chi connectivity index (χ3n) is 4.53. The summed E-state index contributed by atoms with van der Waals surface area (Å²) in [6.07, 6.45) is 0.632. The van der Waals surface area contributed by atoms with Gasteiger partial charge in [-0.1, -0.05) is 52.3 Å². The molecule has 0 spiro atoms. The van der Waals surface area contributed by atoms with Gasteiger partial charge in [0, 0.05) is 10.9 Å². The molecule has 3 rings (SSSR count). The van der Waals surface area contributed by atoms with Crippen molar-refractivity contribution in [2.75, 3.05) is 13.2 Å². The predicted molar refractivity (Wildman–Crippen MR) is 122 cm³/mol. The first-order valence-corrected chi connectivity index (χ1v) is 10.6. The molecule has 3 aromatic rings. The van der Waals surface area contributed by atoms with Crippen molar-refractivity contribution >= 4 is 27.9 Å². The van der Waals surface area contributed by atoms with Gasteiger partial charge in [-0.3, -0.25) is 0 Å². The fourth-order valence-electron chi connectivity index (χ4n) is 3.09. The predicted octanol–water partition coefficient (Wildman–Crippen LogP) is 5.45. The van der Waals surface area contributed by atoms with E-state index in [4.69, 9.17) is 14.2 Å². The Morgan fingerprint density at radius 3 is 2.32 bits per heavy atom. The number of hydrogen-bond donors (Lipinski definition) is 0. The maximum atomic E-state index is 12.3. The summed E-state index contributed by atoms with van der Waals surface area (Å²) in [5, 5.41) is 0. The molecular formula is C25H23BrO5. The standard InChI is InChI=1S/C25H23BrO5/c1-17-13-21(26)14-18(2)24(17)30-16-23(27)31-22-10-6-9-20(15-22)25(28)29-12-11-19-7-4-3-5-8-19/h3-10,13-15H,11-12,16H2,1-2H3. The minimum Gasteiger partial charge on any atom is -0.481 e. The van der Waals surface area contributed by atoms with Crippen molar-refractivity contribution in [3.8, 4) is 11.5 Å². The summed E-state index contributed by atoms with van der Waals surface area (Å²) in [5.41, 5.74) is 3.24. The summed E-state index contributed by atoms with van der Waals surface area (Å²) >= 11 is 3.43. The lowest BCUT2D eigenvalue weighted by Gasteiger charge is -2.12. The first-order valence-electron chi connectivity index (χ1n) is 9.83. The number of halogens is 1. The number of carbonyl (C=O) groups excluding carboxylic acids is 2. The normalized spacial score (nSPS) is 10.4. The van der Waals surface area contributed by atoms with Crippen LogP contribution in [0.2, 0.25) is 0 Å². The van der Waals surface area contributed by atoms with Crippen LogP contribution in [-0.2, 0) is 16.0 Å². The van der Waals surface area contributed by atoms with Crippen LogP contribution in [-0.4, -0.2) is 25.2 Å². The third kappa shape index (κ3) is 6.69. The van der Waals surface area contributed by atoms with Crippen molar-refractivity contribution in [2.45, 2.75) is 20.3 Å². The van der Waals surface area contributed by atoms with E-state index in [1.54, 1.807) is 18.2 Å². The van der Waals surface area contributed by atoms with Crippen molar-refractivity contribution in [1.29, 1.82) is 0 Å². The topological polar surface area (TPSA) is 61.8 Å². The Kier molecular flexibility index (Phi) is 7.84. The van der Waals surface area contributed by atoms with E-state index in [9.17, 15) is 9.59 Å². The van der Waals surface area contributed by atoms with Gasteiger partial charge in [-0.15, -0.1) is 0 Å². The Bertz CT molecular complexity index is 1040. The molecule has 0 saturated carbocycles. The zero-order chi connectivity index (χ0) is 22.2. The van der Waals surface area contributed by atoms with Gasteiger partial charge in [0.1, 0.15) is 11.5 Å². The fourth-order valence-corrected chi connectivity index (χ4v) is 3.78. The first kappa shape index (κ1) is 22.6. The van der Waals surface area contributed by atoms with E-state index in [-0.39, 0.29) is 19.0 Å². The van der Waals surface area contributed by atoms with Gasteiger partial charge in [0.15, 0.2) is 6.61 Å². The largest absolute Gasteiger partial charge is 0.481 e. The van der Waals surface area contributed by atoms with E-state index < -0.39 is 11.9 Å². The molecule has 0 saturated heterocycles. The first-order chi connectivity index (χ1) is 14.9. The molecule has 31 heavy (non-hydrogen) atoms. The summed E-state index contributed by atoms with van der Waals surface area (Å²) in [6.45, 7) is 3.85. The molecule has 5 nitrogen and oxygen atoms in total. The number of aryl methyl sites for hydroxylation is 2. The smallest absolute Gasteiger partial charge is 0.349 e. The molecule has 0 fully saturated rings. The molecule has 0 radical (unpaired) electrons. The summed E-state index contributed by atoms with van der Waals surface area (Å²) in [4.78, 5) is 24.5. The lowest BCUT2D eigenvalue weighted by Crippen LogP contribution is -2.18. The third-order valence-corrected chi connectivity index (χ3v) is 4.99.